The van der Waals surface area contributed by atoms with E-state index in [4.69, 9.17) is 19.8 Å². The molecule has 1 amide bonds. The lowest BCUT2D eigenvalue weighted by Gasteiger charge is -2.15. The average Bonchev–Trinajstić information content (AvgIpc) is 3.55. The summed E-state index contributed by atoms with van der Waals surface area (Å²) in [5.74, 6) is 2.25. The zero-order valence-electron chi connectivity index (χ0n) is 22.5. The van der Waals surface area contributed by atoms with Crippen molar-refractivity contribution >= 4 is 50.9 Å². The molecule has 0 aliphatic heterocycles. The quantitative estimate of drug-likeness (QED) is 0.182. The smallest absolute Gasteiger partial charge is 0.237 e. The molecule has 0 spiro atoms. The van der Waals surface area contributed by atoms with Gasteiger partial charge in [-0.25, -0.2) is 15.0 Å². The summed E-state index contributed by atoms with van der Waals surface area (Å²) in [4.78, 5) is 27.8. The van der Waals surface area contributed by atoms with Crippen LogP contribution >= 0.6 is 11.8 Å². The van der Waals surface area contributed by atoms with Crippen LogP contribution in [0, 0.1) is 6.92 Å². The zero-order chi connectivity index (χ0) is 27.6. The highest BCUT2D eigenvalue weighted by molar-refractivity contribution is 8.00. The molecule has 1 atom stereocenters. The van der Waals surface area contributed by atoms with Crippen LogP contribution in [0.2, 0.25) is 0 Å². The van der Waals surface area contributed by atoms with Gasteiger partial charge in [0.05, 0.1) is 28.9 Å². The number of nitrogens with zero attached hydrogens (tertiary/aromatic N) is 6. The Morgan fingerprint density at radius 1 is 1.00 bits per heavy atom. The summed E-state index contributed by atoms with van der Waals surface area (Å²) in [6, 6.07) is 23.4. The van der Waals surface area contributed by atoms with Gasteiger partial charge in [-0.05, 0) is 49.7 Å². The van der Waals surface area contributed by atoms with Crippen LogP contribution in [0.15, 0.2) is 78.0 Å². The van der Waals surface area contributed by atoms with Gasteiger partial charge in [-0.15, -0.1) is 5.10 Å². The van der Waals surface area contributed by atoms with Crippen molar-refractivity contribution in [1.29, 1.82) is 0 Å². The molecule has 3 aromatic heterocycles. The SMILES string of the molecule is CC[C@@H](Sc1nc2ccccc2c2nc(CCn3c(C)nc4ccccc43)nn12)C(=O)Nc1cccc(OC)c1. The van der Waals surface area contributed by atoms with Gasteiger partial charge < -0.3 is 14.6 Å². The largest absolute Gasteiger partial charge is 0.497 e. The van der Waals surface area contributed by atoms with E-state index in [9.17, 15) is 4.79 Å². The van der Waals surface area contributed by atoms with Gasteiger partial charge in [0.15, 0.2) is 16.6 Å². The van der Waals surface area contributed by atoms with Crippen LogP contribution in [-0.2, 0) is 17.8 Å². The summed E-state index contributed by atoms with van der Waals surface area (Å²) in [5.41, 5.74) is 4.31. The van der Waals surface area contributed by atoms with Crippen molar-refractivity contribution in [3.05, 3.63) is 84.4 Å². The van der Waals surface area contributed by atoms with E-state index >= 15 is 0 Å². The van der Waals surface area contributed by atoms with Crippen LogP contribution in [0.5, 0.6) is 5.75 Å². The molecule has 0 bridgehead atoms. The fourth-order valence-electron chi connectivity index (χ4n) is 4.82. The number of nitrogens with one attached hydrogen (secondary N) is 1. The summed E-state index contributed by atoms with van der Waals surface area (Å²) < 4.78 is 9.27. The van der Waals surface area contributed by atoms with E-state index in [2.05, 4.69) is 20.9 Å². The monoisotopic (exact) mass is 551 g/mol. The van der Waals surface area contributed by atoms with E-state index in [-0.39, 0.29) is 11.2 Å². The van der Waals surface area contributed by atoms with Gasteiger partial charge in [0, 0.05) is 30.1 Å². The lowest BCUT2D eigenvalue weighted by molar-refractivity contribution is -0.115. The third-order valence-corrected chi connectivity index (χ3v) is 8.15. The number of para-hydroxylation sites is 3. The predicted octanol–water partition coefficient (Wildman–Crippen LogP) is 5.70. The Morgan fingerprint density at radius 2 is 1.80 bits per heavy atom. The minimum absolute atomic E-state index is 0.105. The second-order valence-electron chi connectivity index (χ2n) is 9.46. The molecular weight excluding hydrogens is 522 g/mol. The van der Waals surface area contributed by atoms with E-state index in [1.807, 2.05) is 74.5 Å². The van der Waals surface area contributed by atoms with E-state index in [1.165, 1.54) is 11.8 Å². The van der Waals surface area contributed by atoms with E-state index in [0.29, 0.717) is 41.8 Å². The molecule has 3 heterocycles. The van der Waals surface area contributed by atoms with Crippen molar-refractivity contribution in [2.24, 2.45) is 0 Å². The first kappa shape index (κ1) is 25.8. The number of carbonyl (C=O) groups is 1. The van der Waals surface area contributed by atoms with Crippen LogP contribution in [-0.4, -0.2) is 47.4 Å². The normalized spacial score (nSPS) is 12.3. The first-order valence-electron chi connectivity index (χ1n) is 13.2. The number of aryl methyl sites for hydroxylation is 3. The molecule has 0 saturated carbocycles. The minimum atomic E-state index is -0.379. The predicted molar refractivity (Wildman–Crippen MR) is 158 cm³/mol. The molecule has 0 aliphatic rings. The molecule has 10 heteroatoms. The number of hydrogen-bond acceptors (Lipinski definition) is 7. The summed E-state index contributed by atoms with van der Waals surface area (Å²) >= 11 is 1.39. The third kappa shape index (κ3) is 4.98. The van der Waals surface area contributed by atoms with Gasteiger partial charge in [0.2, 0.25) is 5.91 Å². The molecule has 3 aromatic carbocycles. The maximum Gasteiger partial charge on any atom is 0.237 e. The fourth-order valence-corrected chi connectivity index (χ4v) is 5.78. The number of benzene rings is 3. The molecule has 6 rings (SSSR count). The Balaban J connectivity index is 1.30. The molecular formula is C30H29N7O2S. The van der Waals surface area contributed by atoms with Gasteiger partial charge >= 0.3 is 0 Å². The van der Waals surface area contributed by atoms with Crippen molar-refractivity contribution < 1.29 is 9.53 Å². The van der Waals surface area contributed by atoms with Gasteiger partial charge in [0.1, 0.15) is 11.6 Å². The van der Waals surface area contributed by atoms with E-state index < -0.39 is 0 Å². The third-order valence-electron chi connectivity index (χ3n) is 6.85. The highest BCUT2D eigenvalue weighted by Gasteiger charge is 2.23. The molecule has 0 radical (unpaired) electrons. The Morgan fingerprint density at radius 3 is 2.62 bits per heavy atom. The van der Waals surface area contributed by atoms with Crippen LogP contribution in [0.1, 0.15) is 25.0 Å². The first-order valence-corrected chi connectivity index (χ1v) is 14.1. The van der Waals surface area contributed by atoms with Crippen LogP contribution < -0.4 is 10.1 Å². The Hall–Kier alpha value is -4.44. The number of carbonyl (C=O) groups excluding carboxylic acids is 1. The van der Waals surface area contributed by atoms with Gasteiger partial charge in [0.25, 0.3) is 0 Å². The zero-order valence-corrected chi connectivity index (χ0v) is 23.4. The van der Waals surface area contributed by atoms with Crippen LogP contribution in [0.3, 0.4) is 0 Å². The van der Waals surface area contributed by atoms with Gasteiger partial charge in [-0.3, -0.25) is 4.79 Å². The lowest BCUT2D eigenvalue weighted by atomic mass is 10.2. The number of rotatable bonds is 9. The van der Waals surface area contributed by atoms with Crippen molar-refractivity contribution in [2.45, 2.75) is 43.6 Å². The second-order valence-corrected chi connectivity index (χ2v) is 10.6. The summed E-state index contributed by atoms with van der Waals surface area (Å²) in [5, 5.41) is 9.05. The molecule has 9 nitrogen and oxygen atoms in total. The van der Waals surface area contributed by atoms with E-state index in [1.54, 1.807) is 17.7 Å². The summed E-state index contributed by atoms with van der Waals surface area (Å²) in [6.45, 7) is 4.72. The number of amides is 1. The molecule has 202 valence electrons. The number of ether oxygens (including phenoxy) is 1. The van der Waals surface area contributed by atoms with Gasteiger partial charge in [-0.2, -0.15) is 4.52 Å². The van der Waals surface area contributed by atoms with Crippen molar-refractivity contribution in [2.75, 3.05) is 12.4 Å². The lowest BCUT2D eigenvalue weighted by Crippen LogP contribution is -2.25. The van der Waals surface area contributed by atoms with Crippen LogP contribution in [0.25, 0.3) is 27.6 Å². The number of imidazole rings is 1. The number of methoxy groups -OCH3 is 1. The Bertz CT molecular complexity index is 1840. The highest BCUT2D eigenvalue weighted by Crippen LogP contribution is 2.29. The first-order chi connectivity index (χ1) is 19.5. The molecule has 0 unspecified atom stereocenters. The van der Waals surface area contributed by atoms with Crippen LogP contribution in [0.4, 0.5) is 5.69 Å². The summed E-state index contributed by atoms with van der Waals surface area (Å²) in [6.07, 6.45) is 1.25. The van der Waals surface area contributed by atoms with E-state index in [0.717, 1.165) is 33.4 Å². The molecule has 1 N–H and O–H groups in total. The topological polar surface area (TPSA) is 99.2 Å². The number of anilines is 1. The number of hydrogen-bond donors (Lipinski definition) is 1. The molecule has 6 aromatic rings. The standard InChI is InChI=1S/C30H29N7O2S/c1-4-26(29(38)32-20-10-9-11-21(18-20)39-3)40-30-33-23-13-6-5-12-22(23)28-34-27(35-37(28)30)16-17-36-19(2)31-24-14-7-8-15-25(24)36/h5-15,18,26H,4,16-17H2,1-3H3,(H,32,38)/t26-/m1/s1. The molecule has 40 heavy (non-hydrogen) atoms. The highest BCUT2D eigenvalue weighted by atomic mass is 32.2. The minimum Gasteiger partial charge on any atom is -0.497 e. The molecule has 0 saturated heterocycles. The Kier molecular flexibility index (Phi) is 7.08. The maximum atomic E-state index is 13.3. The van der Waals surface area contributed by atoms with Crippen molar-refractivity contribution in [1.82, 2.24) is 29.1 Å². The number of aromatic nitrogens is 6. The molecule has 0 aliphatic carbocycles. The van der Waals surface area contributed by atoms with Gasteiger partial charge in [-0.1, -0.05) is 49.0 Å². The fraction of sp³-hybridized carbons (Fsp3) is 0.233. The van der Waals surface area contributed by atoms with Crippen molar-refractivity contribution in [3.8, 4) is 5.75 Å². The Labute approximate surface area is 235 Å². The number of fused-ring (bicyclic) bond motifs is 4. The summed E-state index contributed by atoms with van der Waals surface area (Å²) in [7, 11) is 1.60. The number of thioether (sulfide) groups is 1. The second kappa shape index (κ2) is 11.0. The average molecular weight is 552 g/mol. The molecule has 0 fully saturated rings. The maximum absolute atomic E-state index is 13.3. The van der Waals surface area contributed by atoms with Crippen molar-refractivity contribution in [3.63, 3.8) is 0 Å².